The summed E-state index contributed by atoms with van der Waals surface area (Å²) in [5.74, 6) is 0.513. The summed E-state index contributed by atoms with van der Waals surface area (Å²) in [6, 6.07) is 20.8. The first kappa shape index (κ1) is 27.8. The van der Waals surface area contributed by atoms with Crippen LogP contribution in [-0.4, -0.2) is 34.5 Å². The molecule has 4 aromatic rings. The van der Waals surface area contributed by atoms with Crippen molar-refractivity contribution in [3.63, 3.8) is 0 Å². The number of phenols is 3. The van der Waals surface area contributed by atoms with Crippen LogP contribution in [0.15, 0.2) is 79.4 Å². The fraction of sp³-hybridized carbons (Fsp3) is 0.229. The van der Waals surface area contributed by atoms with Gasteiger partial charge in [0.15, 0.2) is 6.61 Å². The van der Waals surface area contributed by atoms with Gasteiger partial charge in [-0.25, -0.2) is 4.79 Å². The zero-order valence-electron chi connectivity index (χ0n) is 23.2. The average molecular weight is 551 g/mol. The molecule has 5 rings (SSSR count). The van der Waals surface area contributed by atoms with Crippen LogP contribution in [0.2, 0.25) is 0 Å². The Labute approximate surface area is 240 Å². The Hall–Kier alpha value is -4.71. The summed E-state index contributed by atoms with van der Waals surface area (Å²) < 4.78 is 11.1. The Balaban J connectivity index is 1.68. The number of carbonyl (C=O) groups is 1. The molecule has 0 saturated carbocycles. The zero-order chi connectivity index (χ0) is 28.9. The Morgan fingerprint density at radius 3 is 1.59 bits per heavy atom. The number of para-hydroxylation sites is 3. The SMILES string of the molecule is C=CCc1cc2c(O)c(c1)Cc1cccc(c1O)Cc1cccc(c1OCC(=O)OCC)Cc1cccc(c1O)C2. The summed E-state index contributed by atoms with van der Waals surface area (Å²) in [6.45, 7) is 5.61. The molecule has 41 heavy (non-hydrogen) atoms. The first-order chi connectivity index (χ1) is 19.9. The van der Waals surface area contributed by atoms with Crippen LogP contribution in [-0.2, 0) is 41.6 Å². The minimum absolute atomic E-state index is 0.152. The molecule has 0 heterocycles. The van der Waals surface area contributed by atoms with E-state index in [4.69, 9.17) is 9.47 Å². The van der Waals surface area contributed by atoms with Crippen LogP contribution in [0.4, 0.5) is 0 Å². The summed E-state index contributed by atoms with van der Waals surface area (Å²) in [5.41, 5.74) is 6.71. The van der Waals surface area contributed by atoms with Gasteiger partial charge in [-0.05, 0) is 63.4 Å². The van der Waals surface area contributed by atoms with E-state index in [9.17, 15) is 20.1 Å². The standard InChI is InChI=1S/C35H34O6/c1-3-8-22-15-29-19-25-11-5-9-23(32(25)37)17-27-13-7-14-28(35(27)41-21-31(36)40-4-2)18-24-10-6-12-26(33(24)38)20-30(16-22)34(29)39/h3,5-7,9-16,37-39H,1,4,8,17-21H2,2H3. The van der Waals surface area contributed by atoms with Crippen molar-refractivity contribution < 1.29 is 29.6 Å². The largest absolute Gasteiger partial charge is 0.507 e. The first-order valence-corrected chi connectivity index (χ1v) is 13.8. The highest BCUT2D eigenvalue weighted by molar-refractivity contribution is 5.71. The predicted molar refractivity (Wildman–Crippen MR) is 158 cm³/mol. The van der Waals surface area contributed by atoms with E-state index in [1.165, 1.54) is 0 Å². The molecule has 0 aliphatic heterocycles. The zero-order valence-corrected chi connectivity index (χ0v) is 23.2. The van der Waals surface area contributed by atoms with Crippen LogP contribution in [0.5, 0.6) is 23.0 Å². The van der Waals surface area contributed by atoms with Crippen molar-refractivity contribution in [1.29, 1.82) is 0 Å². The molecular formula is C35H34O6. The van der Waals surface area contributed by atoms with Crippen LogP contribution < -0.4 is 4.74 Å². The Bertz CT molecular complexity index is 1510. The van der Waals surface area contributed by atoms with Crippen molar-refractivity contribution in [2.75, 3.05) is 13.2 Å². The van der Waals surface area contributed by atoms with Gasteiger partial charge in [-0.1, -0.05) is 72.8 Å². The number of ether oxygens (including phenoxy) is 2. The van der Waals surface area contributed by atoms with Gasteiger partial charge in [0.1, 0.15) is 23.0 Å². The van der Waals surface area contributed by atoms with E-state index in [2.05, 4.69) is 6.58 Å². The van der Waals surface area contributed by atoms with E-state index in [0.717, 1.165) is 16.7 Å². The fourth-order valence-electron chi connectivity index (χ4n) is 5.50. The molecule has 0 unspecified atom stereocenters. The van der Waals surface area contributed by atoms with E-state index in [1.807, 2.05) is 72.8 Å². The van der Waals surface area contributed by atoms with Gasteiger partial charge in [-0.2, -0.15) is 0 Å². The van der Waals surface area contributed by atoms with Gasteiger partial charge < -0.3 is 24.8 Å². The molecule has 0 atom stereocenters. The molecule has 0 spiro atoms. The van der Waals surface area contributed by atoms with Crippen molar-refractivity contribution in [2.45, 2.75) is 39.0 Å². The summed E-state index contributed by atoms with van der Waals surface area (Å²) in [7, 11) is 0. The van der Waals surface area contributed by atoms with E-state index in [1.54, 1.807) is 6.92 Å². The molecule has 0 aromatic heterocycles. The number of rotatable bonds is 6. The number of phenolic OH excluding ortho intramolecular Hbond substituents is 3. The lowest BCUT2D eigenvalue weighted by atomic mass is 9.90. The van der Waals surface area contributed by atoms with Crippen molar-refractivity contribution in [3.05, 3.63) is 129 Å². The summed E-state index contributed by atoms with van der Waals surface area (Å²) in [6.07, 6.45) is 3.79. The Morgan fingerprint density at radius 2 is 1.15 bits per heavy atom. The van der Waals surface area contributed by atoms with Crippen molar-refractivity contribution in [3.8, 4) is 23.0 Å². The third-order valence-corrected chi connectivity index (χ3v) is 7.46. The van der Waals surface area contributed by atoms with Crippen molar-refractivity contribution >= 4 is 5.97 Å². The Morgan fingerprint density at radius 1 is 0.732 bits per heavy atom. The number of hydrogen-bond donors (Lipinski definition) is 3. The smallest absolute Gasteiger partial charge is 0.344 e. The van der Waals surface area contributed by atoms with Gasteiger partial charge in [0.05, 0.1) is 6.61 Å². The maximum absolute atomic E-state index is 12.2. The second-order valence-corrected chi connectivity index (χ2v) is 10.3. The topological polar surface area (TPSA) is 96.2 Å². The van der Waals surface area contributed by atoms with E-state index in [-0.39, 0.29) is 30.5 Å². The maximum atomic E-state index is 12.2. The fourth-order valence-corrected chi connectivity index (χ4v) is 5.50. The molecule has 4 aromatic carbocycles. The number of carbonyl (C=O) groups excluding carboxylic acids is 1. The van der Waals surface area contributed by atoms with Crippen LogP contribution in [0.3, 0.4) is 0 Å². The van der Waals surface area contributed by atoms with Crippen LogP contribution in [0, 0.1) is 0 Å². The van der Waals surface area contributed by atoms with Gasteiger partial charge in [-0.3, -0.25) is 0 Å². The molecule has 0 fully saturated rings. The average Bonchev–Trinajstić information content (AvgIpc) is 2.95. The summed E-state index contributed by atoms with van der Waals surface area (Å²) >= 11 is 0. The number of allylic oxidation sites excluding steroid dienone is 1. The normalized spacial score (nSPS) is 12.4. The van der Waals surface area contributed by atoms with Crippen LogP contribution in [0.25, 0.3) is 0 Å². The van der Waals surface area contributed by atoms with Crippen molar-refractivity contribution in [1.82, 2.24) is 0 Å². The molecule has 1 aliphatic carbocycles. The molecular weight excluding hydrogens is 516 g/mol. The Kier molecular flexibility index (Phi) is 8.29. The minimum Gasteiger partial charge on any atom is -0.507 e. The lowest BCUT2D eigenvalue weighted by Crippen LogP contribution is -2.16. The number of benzene rings is 4. The lowest BCUT2D eigenvalue weighted by molar-refractivity contribution is -0.145. The third-order valence-electron chi connectivity index (χ3n) is 7.46. The molecule has 0 amide bonds. The molecule has 6 heteroatoms. The highest BCUT2D eigenvalue weighted by Gasteiger charge is 2.20. The molecule has 1 aliphatic rings. The van der Waals surface area contributed by atoms with E-state index in [0.29, 0.717) is 71.2 Å². The maximum Gasteiger partial charge on any atom is 0.344 e. The van der Waals surface area contributed by atoms with Gasteiger partial charge in [0.25, 0.3) is 0 Å². The van der Waals surface area contributed by atoms with Crippen LogP contribution in [0.1, 0.15) is 57.0 Å². The van der Waals surface area contributed by atoms with Gasteiger partial charge in [0, 0.05) is 25.7 Å². The van der Waals surface area contributed by atoms with E-state index >= 15 is 0 Å². The minimum atomic E-state index is -0.471. The molecule has 210 valence electrons. The van der Waals surface area contributed by atoms with Crippen LogP contribution >= 0.6 is 0 Å². The third kappa shape index (κ3) is 6.07. The highest BCUT2D eigenvalue weighted by Crippen LogP contribution is 2.38. The quantitative estimate of drug-likeness (QED) is 0.173. The lowest BCUT2D eigenvalue weighted by Gasteiger charge is -2.19. The van der Waals surface area contributed by atoms with Gasteiger partial charge in [-0.15, -0.1) is 6.58 Å². The predicted octanol–water partition coefficient (Wildman–Crippen LogP) is 6.15. The monoisotopic (exact) mass is 550 g/mol. The molecule has 0 radical (unpaired) electrons. The number of hydrogen-bond acceptors (Lipinski definition) is 6. The second kappa shape index (κ2) is 12.2. The second-order valence-electron chi connectivity index (χ2n) is 10.3. The molecule has 3 N–H and O–H groups in total. The highest BCUT2D eigenvalue weighted by atomic mass is 16.6. The summed E-state index contributed by atoms with van der Waals surface area (Å²) in [4.78, 5) is 12.2. The first-order valence-electron chi connectivity index (χ1n) is 13.8. The number of aromatic hydroxyl groups is 3. The number of fused-ring (bicyclic) bond motifs is 8. The molecule has 6 nitrogen and oxygen atoms in total. The van der Waals surface area contributed by atoms with E-state index < -0.39 is 5.97 Å². The number of esters is 1. The van der Waals surface area contributed by atoms with Crippen molar-refractivity contribution in [2.24, 2.45) is 0 Å². The van der Waals surface area contributed by atoms with Gasteiger partial charge >= 0.3 is 5.97 Å². The van der Waals surface area contributed by atoms with Gasteiger partial charge in [0.2, 0.25) is 0 Å². The summed E-state index contributed by atoms with van der Waals surface area (Å²) in [5, 5.41) is 34.1. The molecule has 8 bridgehead atoms. The molecule has 0 saturated heterocycles.